The summed E-state index contributed by atoms with van der Waals surface area (Å²) in [6.45, 7) is 6.99. The van der Waals surface area contributed by atoms with Gasteiger partial charge in [-0.2, -0.15) is 0 Å². The van der Waals surface area contributed by atoms with Gasteiger partial charge < -0.3 is 30.0 Å². The lowest BCUT2D eigenvalue weighted by molar-refractivity contribution is -0.146. The molecule has 0 radical (unpaired) electrons. The number of benzene rings is 1. The van der Waals surface area contributed by atoms with E-state index in [0.29, 0.717) is 0 Å². The van der Waals surface area contributed by atoms with Crippen molar-refractivity contribution in [2.75, 3.05) is 13.2 Å². The summed E-state index contributed by atoms with van der Waals surface area (Å²) in [6.07, 6.45) is -2.10. The third-order valence-electron chi connectivity index (χ3n) is 3.75. The average molecular weight is 424 g/mol. The maximum atomic E-state index is 12.1. The van der Waals surface area contributed by atoms with Crippen molar-refractivity contribution in [1.82, 2.24) is 10.6 Å². The lowest BCUT2D eigenvalue weighted by Gasteiger charge is -2.23. The van der Waals surface area contributed by atoms with Gasteiger partial charge in [-0.1, -0.05) is 30.3 Å². The number of amides is 2. The molecule has 9 nitrogen and oxygen atoms in total. The maximum Gasteiger partial charge on any atom is 0.408 e. The Morgan fingerprint density at radius 2 is 1.70 bits per heavy atom. The van der Waals surface area contributed by atoms with Crippen molar-refractivity contribution < 1.29 is 33.7 Å². The van der Waals surface area contributed by atoms with Crippen molar-refractivity contribution in [2.24, 2.45) is 0 Å². The van der Waals surface area contributed by atoms with Crippen LogP contribution in [0.3, 0.4) is 0 Å². The molecule has 1 rings (SSSR count). The molecule has 0 saturated carbocycles. The smallest absolute Gasteiger partial charge is 0.408 e. The topological polar surface area (TPSA) is 123 Å². The quantitative estimate of drug-likeness (QED) is 0.389. The number of carbonyl (C=O) groups is 3. The highest BCUT2D eigenvalue weighted by atomic mass is 16.6. The highest BCUT2D eigenvalue weighted by Crippen LogP contribution is 2.09. The molecule has 1 aromatic rings. The van der Waals surface area contributed by atoms with Crippen LogP contribution in [-0.4, -0.2) is 54.2 Å². The predicted molar refractivity (Wildman–Crippen MR) is 110 cm³/mol. The van der Waals surface area contributed by atoms with Crippen molar-refractivity contribution >= 4 is 18.2 Å². The van der Waals surface area contributed by atoms with Crippen LogP contribution in [0.4, 0.5) is 9.59 Å². The van der Waals surface area contributed by atoms with E-state index in [9.17, 15) is 19.5 Å². The van der Waals surface area contributed by atoms with Crippen molar-refractivity contribution in [3.05, 3.63) is 35.9 Å². The summed E-state index contributed by atoms with van der Waals surface area (Å²) in [7, 11) is 0. The van der Waals surface area contributed by atoms with Gasteiger partial charge in [-0.05, 0) is 46.1 Å². The van der Waals surface area contributed by atoms with E-state index in [2.05, 4.69) is 10.6 Å². The minimum Gasteiger partial charge on any atom is -0.464 e. The monoisotopic (exact) mass is 424 g/mol. The summed E-state index contributed by atoms with van der Waals surface area (Å²) >= 11 is 0. The standard InChI is InChI=1S/C21H32N2O7/c1-5-28-18(25)17(23-20(27)30-21(2,3)4)12-11-16(24)13-22-19(26)29-14-15-9-7-6-8-10-15/h6-10,16-17,24H,5,11-14H2,1-4H3,(H,22,26)(H,23,27)/t16-,17+/m1/s1. The minimum atomic E-state index is -0.973. The van der Waals surface area contributed by atoms with Crippen LogP contribution in [0.1, 0.15) is 46.1 Å². The van der Waals surface area contributed by atoms with E-state index in [-0.39, 0.29) is 32.6 Å². The Bertz CT molecular complexity index is 674. The third kappa shape index (κ3) is 11.3. The van der Waals surface area contributed by atoms with E-state index >= 15 is 0 Å². The molecule has 168 valence electrons. The number of ether oxygens (including phenoxy) is 3. The van der Waals surface area contributed by atoms with Gasteiger partial charge in [0.25, 0.3) is 0 Å². The van der Waals surface area contributed by atoms with Crippen LogP contribution < -0.4 is 10.6 Å². The van der Waals surface area contributed by atoms with E-state index in [4.69, 9.17) is 14.2 Å². The van der Waals surface area contributed by atoms with Crippen LogP contribution in [0.5, 0.6) is 0 Å². The Balaban J connectivity index is 2.42. The van der Waals surface area contributed by atoms with Crippen LogP contribution >= 0.6 is 0 Å². The first-order valence-corrected chi connectivity index (χ1v) is 9.89. The molecule has 1 aromatic carbocycles. The Morgan fingerprint density at radius 3 is 2.30 bits per heavy atom. The van der Waals surface area contributed by atoms with Crippen LogP contribution in [0, 0.1) is 0 Å². The fourth-order valence-electron chi connectivity index (χ4n) is 2.38. The zero-order valence-corrected chi connectivity index (χ0v) is 18.0. The molecule has 0 heterocycles. The van der Waals surface area contributed by atoms with Crippen molar-refractivity contribution in [1.29, 1.82) is 0 Å². The number of carbonyl (C=O) groups excluding carboxylic acids is 3. The van der Waals surface area contributed by atoms with Gasteiger partial charge in [-0.25, -0.2) is 14.4 Å². The second-order valence-electron chi connectivity index (χ2n) is 7.62. The van der Waals surface area contributed by atoms with Crippen LogP contribution in [0.15, 0.2) is 30.3 Å². The molecule has 0 aliphatic rings. The number of hydrogen-bond acceptors (Lipinski definition) is 7. The SMILES string of the molecule is CCOC(=O)[C@H](CC[C@@H](O)CNC(=O)OCc1ccccc1)NC(=O)OC(C)(C)C. The first-order valence-electron chi connectivity index (χ1n) is 9.89. The van der Waals surface area contributed by atoms with E-state index < -0.39 is 35.9 Å². The van der Waals surface area contributed by atoms with E-state index in [1.165, 1.54) is 0 Å². The first kappa shape index (κ1) is 25.2. The molecule has 0 spiro atoms. The Morgan fingerprint density at radius 1 is 1.03 bits per heavy atom. The van der Waals surface area contributed by atoms with Gasteiger partial charge in [0.05, 0.1) is 12.7 Å². The highest BCUT2D eigenvalue weighted by Gasteiger charge is 2.26. The molecule has 0 unspecified atom stereocenters. The van der Waals surface area contributed by atoms with Crippen LogP contribution in [0.25, 0.3) is 0 Å². The van der Waals surface area contributed by atoms with Gasteiger partial charge in [0.2, 0.25) is 0 Å². The summed E-state index contributed by atoms with van der Waals surface area (Å²) in [4.78, 5) is 35.8. The first-order chi connectivity index (χ1) is 14.1. The lowest BCUT2D eigenvalue weighted by atomic mass is 10.1. The molecule has 2 atom stereocenters. The number of rotatable bonds is 10. The predicted octanol–water partition coefficient (Wildman–Crippen LogP) is 2.51. The van der Waals surface area contributed by atoms with E-state index in [1.54, 1.807) is 27.7 Å². The Kier molecular flexibility index (Phi) is 10.7. The van der Waals surface area contributed by atoms with Crippen LogP contribution in [0.2, 0.25) is 0 Å². The summed E-state index contributed by atoms with van der Waals surface area (Å²) in [5, 5.41) is 15.0. The van der Waals surface area contributed by atoms with Gasteiger partial charge in [-0.3, -0.25) is 0 Å². The zero-order chi connectivity index (χ0) is 22.6. The Hall–Kier alpha value is -2.81. The number of aliphatic hydroxyl groups excluding tert-OH is 1. The fraction of sp³-hybridized carbons (Fsp3) is 0.571. The number of hydrogen-bond donors (Lipinski definition) is 3. The third-order valence-corrected chi connectivity index (χ3v) is 3.75. The molecule has 9 heteroatoms. The molecule has 30 heavy (non-hydrogen) atoms. The maximum absolute atomic E-state index is 12.1. The number of alkyl carbamates (subject to hydrolysis) is 2. The van der Waals surface area contributed by atoms with Gasteiger partial charge >= 0.3 is 18.2 Å². The molecule has 0 fully saturated rings. The summed E-state index contributed by atoms with van der Waals surface area (Å²) in [5.74, 6) is -0.620. The highest BCUT2D eigenvalue weighted by molar-refractivity contribution is 5.81. The summed E-state index contributed by atoms with van der Waals surface area (Å²) < 4.78 is 15.2. The van der Waals surface area contributed by atoms with Gasteiger partial charge in [0.1, 0.15) is 18.2 Å². The largest absolute Gasteiger partial charge is 0.464 e. The molecule has 0 aliphatic heterocycles. The normalized spacial score (nSPS) is 13.0. The molecule has 3 N–H and O–H groups in total. The van der Waals surface area contributed by atoms with Crippen molar-refractivity contribution in [2.45, 2.75) is 64.9 Å². The molecule has 0 bridgehead atoms. The van der Waals surface area contributed by atoms with E-state index in [1.807, 2.05) is 30.3 Å². The molecule has 0 aromatic heterocycles. The summed E-state index contributed by atoms with van der Waals surface area (Å²) in [5.41, 5.74) is 0.131. The Labute approximate surface area is 177 Å². The second-order valence-corrected chi connectivity index (χ2v) is 7.62. The number of esters is 1. The average Bonchev–Trinajstić information content (AvgIpc) is 2.67. The fourth-order valence-corrected chi connectivity index (χ4v) is 2.38. The van der Waals surface area contributed by atoms with Gasteiger partial charge in [0, 0.05) is 6.54 Å². The second kappa shape index (κ2) is 12.7. The molecular weight excluding hydrogens is 392 g/mol. The number of nitrogens with one attached hydrogen (secondary N) is 2. The zero-order valence-electron chi connectivity index (χ0n) is 18.0. The van der Waals surface area contributed by atoms with Crippen LogP contribution in [-0.2, 0) is 25.6 Å². The van der Waals surface area contributed by atoms with E-state index in [0.717, 1.165) is 5.56 Å². The van der Waals surface area contributed by atoms with Crippen molar-refractivity contribution in [3.8, 4) is 0 Å². The minimum absolute atomic E-state index is 0.0599. The lowest BCUT2D eigenvalue weighted by Crippen LogP contribution is -2.45. The summed E-state index contributed by atoms with van der Waals surface area (Å²) in [6, 6.07) is 8.22. The molecular formula is C21H32N2O7. The van der Waals surface area contributed by atoms with Gasteiger partial charge in [-0.15, -0.1) is 0 Å². The molecule has 0 aliphatic carbocycles. The van der Waals surface area contributed by atoms with Crippen molar-refractivity contribution in [3.63, 3.8) is 0 Å². The number of aliphatic hydroxyl groups is 1. The molecule has 2 amide bonds. The molecule has 0 saturated heterocycles. The van der Waals surface area contributed by atoms with Gasteiger partial charge in [0.15, 0.2) is 0 Å².